The van der Waals surface area contributed by atoms with Crippen molar-refractivity contribution in [3.05, 3.63) is 47.9 Å². The highest BCUT2D eigenvalue weighted by Crippen LogP contribution is 2.16. The molecule has 1 aromatic carbocycles. The fourth-order valence-electron chi connectivity index (χ4n) is 2.19. The number of nitrogens with zero attached hydrogens (tertiary/aromatic N) is 5. The van der Waals surface area contributed by atoms with Crippen molar-refractivity contribution in [1.82, 2.24) is 19.6 Å². The Morgan fingerprint density at radius 2 is 2.10 bits per heavy atom. The fraction of sp³-hybridized carbons (Fsp3) is 0.267. The molecule has 0 saturated carbocycles. The molecular formula is C15H18N6. The van der Waals surface area contributed by atoms with E-state index in [-0.39, 0.29) is 0 Å². The fourth-order valence-corrected chi connectivity index (χ4v) is 2.19. The van der Waals surface area contributed by atoms with Crippen LogP contribution in [-0.4, -0.2) is 33.7 Å². The van der Waals surface area contributed by atoms with E-state index in [1.54, 1.807) is 4.52 Å². The van der Waals surface area contributed by atoms with Crippen LogP contribution in [0.4, 0.5) is 11.5 Å². The summed E-state index contributed by atoms with van der Waals surface area (Å²) in [5.74, 6) is 1.50. The minimum atomic E-state index is 0.611. The quantitative estimate of drug-likeness (QED) is 0.794. The smallest absolute Gasteiger partial charge is 0.254 e. The lowest BCUT2D eigenvalue weighted by molar-refractivity contribution is 0.916. The molecule has 0 unspecified atom stereocenters. The molecular weight excluding hydrogens is 264 g/mol. The van der Waals surface area contributed by atoms with Crippen LogP contribution in [0.15, 0.2) is 36.7 Å². The largest absolute Gasteiger partial charge is 0.378 e. The second kappa shape index (κ2) is 5.40. The summed E-state index contributed by atoms with van der Waals surface area (Å²) in [5.41, 5.74) is 3.31. The minimum absolute atomic E-state index is 0.611. The number of hydrogen-bond acceptors (Lipinski definition) is 5. The Hall–Kier alpha value is -2.63. The summed E-state index contributed by atoms with van der Waals surface area (Å²) in [5, 5.41) is 7.59. The maximum atomic E-state index is 4.33. The molecule has 0 bridgehead atoms. The lowest BCUT2D eigenvalue weighted by atomic mass is 10.2. The molecule has 0 saturated heterocycles. The van der Waals surface area contributed by atoms with Gasteiger partial charge in [0.2, 0.25) is 0 Å². The zero-order valence-electron chi connectivity index (χ0n) is 12.4. The predicted molar refractivity (Wildman–Crippen MR) is 83.6 cm³/mol. The second-order valence-corrected chi connectivity index (χ2v) is 5.17. The zero-order valence-corrected chi connectivity index (χ0v) is 12.4. The number of fused-ring (bicyclic) bond motifs is 1. The van der Waals surface area contributed by atoms with Gasteiger partial charge in [-0.25, -0.2) is 4.98 Å². The van der Waals surface area contributed by atoms with Gasteiger partial charge < -0.3 is 10.2 Å². The maximum absolute atomic E-state index is 4.33. The molecule has 0 amide bonds. The van der Waals surface area contributed by atoms with Crippen molar-refractivity contribution >= 4 is 17.3 Å². The SMILES string of the molecule is Cc1cc(NCc2cccc(N(C)C)c2)n2ncnc2n1. The van der Waals surface area contributed by atoms with Gasteiger partial charge in [-0.15, -0.1) is 0 Å². The molecule has 6 nitrogen and oxygen atoms in total. The van der Waals surface area contributed by atoms with Gasteiger partial charge >= 0.3 is 0 Å². The van der Waals surface area contributed by atoms with Gasteiger partial charge in [-0.2, -0.15) is 14.6 Å². The van der Waals surface area contributed by atoms with Crippen molar-refractivity contribution in [2.24, 2.45) is 0 Å². The Morgan fingerprint density at radius 1 is 1.24 bits per heavy atom. The summed E-state index contributed by atoms with van der Waals surface area (Å²) >= 11 is 0. The highest BCUT2D eigenvalue weighted by molar-refractivity contribution is 5.49. The molecule has 108 valence electrons. The van der Waals surface area contributed by atoms with Crippen molar-refractivity contribution in [3.8, 4) is 0 Å². The van der Waals surface area contributed by atoms with Gasteiger partial charge in [-0.1, -0.05) is 12.1 Å². The van der Waals surface area contributed by atoms with Crippen molar-refractivity contribution in [2.45, 2.75) is 13.5 Å². The molecule has 21 heavy (non-hydrogen) atoms. The molecule has 1 N–H and O–H groups in total. The third kappa shape index (κ3) is 2.79. The van der Waals surface area contributed by atoms with Gasteiger partial charge in [0.25, 0.3) is 5.78 Å². The van der Waals surface area contributed by atoms with Crippen LogP contribution in [0.3, 0.4) is 0 Å². The number of benzene rings is 1. The number of hydrogen-bond donors (Lipinski definition) is 1. The topological polar surface area (TPSA) is 58.4 Å². The number of rotatable bonds is 4. The van der Waals surface area contributed by atoms with Crippen LogP contribution in [0.25, 0.3) is 5.78 Å². The molecule has 0 radical (unpaired) electrons. The van der Waals surface area contributed by atoms with Crippen LogP contribution in [-0.2, 0) is 6.54 Å². The van der Waals surface area contributed by atoms with Crippen LogP contribution >= 0.6 is 0 Å². The summed E-state index contributed by atoms with van der Waals surface area (Å²) in [6.07, 6.45) is 1.51. The standard InChI is InChI=1S/C15H18N6/c1-11-7-14(21-15(19-11)17-10-18-21)16-9-12-5-4-6-13(8-12)20(2)3/h4-8,10,16H,9H2,1-3H3. The van der Waals surface area contributed by atoms with Crippen LogP contribution in [0, 0.1) is 6.92 Å². The van der Waals surface area contributed by atoms with Gasteiger partial charge in [0.05, 0.1) is 0 Å². The Balaban J connectivity index is 1.83. The molecule has 3 aromatic rings. The lowest BCUT2D eigenvalue weighted by Crippen LogP contribution is -2.10. The van der Waals surface area contributed by atoms with Crippen LogP contribution in [0.5, 0.6) is 0 Å². The van der Waals surface area contributed by atoms with E-state index in [1.807, 2.05) is 27.1 Å². The van der Waals surface area contributed by atoms with E-state index in [9.17, 15) is 0 Å². The average Bonchev–Trinajstić information content (AvgIpc) is 2.93. The second-order valence-electron chi connectivity index (χ2n) is 5.17. The molecule has 0 spiro atoms. The number of anilines is 2. The number of aryl methyl sites for hydroxylation is 1. The molecule has 6 heteroatoms. The van der Waals surface area contributed by atoms with Gasteiger partial charge in [-0.05, 0) is 24.6 Å². The normalized spacial score (nSPS) is 10.8. The summed E-state index contributed by atoms with van der Waals surface area (Å²) in [7, 11) is 4.08. The Kier molecular flexibility index (Phi) is 3.43. The average molecular weight is 282 g/mol. The first-order chi connectivity index (χ1) is 10.1. The Morgan fingerprint density at radius 3 is 2.90 bits per heavy atom. The van der Waals surface area contributed by atoms with E-state index in [0.717, 1.165) is 18.1 Å². The highest BCUT2D eigenvalue weighted by atomic mass is 15.3. The molecule has 0 atom stereocenters. The first-order valence-electron chi connectivity index (χ1n) is 6.81. The maximum Gasteiger partial charge on any atom is 0.254 e. The van der Waals surface area contributed by atoms with Crippen LogP contribution in [0.1, 0.15) is 11.3 Å². The summed E-state index contributed by atoms with van der Waals surface area (Å²) in [6, 6.07) is 10.4. The summed E-state index contributed by atoms with van der Waals surface area (Å²) < 4.78 is 1.71. The third-order valence-corrected chi connectivity index (χ3v) is 3.28. The Labute approximate surface area is 123 Å². The molecule has 0 aliphatic rings. The summed E-state index contributed by atoms with van der Waals surface area (Å²) in [6.45, 7) is 2.67. The molecule has 0 aliphatic carbocycles. The van der Waals surface area contributed by atoms with Crippen molar-refractivity contribution in [2.75, 3.05) is 24.3 Å². The van der Waals surface area contributed by atoms with Crippen LogP contribution < -0.4 is 10.2 Å². The monoisotopic (exact) mass is 282 g/mol. The third-order valence-electron chi connectivity index (χ3n) is 3.28. The minimum Gasteiger partial charge on any atom is -0.378 e. The first kappa shape index (κ1) is 13.4. The van der Waals surface area contributed by atoms with E-state index in [2.05, 4.69) is 49.5 Å². The number of nitrogens with one attached hydrogen (secondary N) is 1. The van der Waals surface area contributed by atoms with Gasteiger partial charge in [0.1, 0.15) is 12.1 Å². The van der Waals surface area contributed by atoms with Crippen molar-refractivity contribution in [3.63, 3.8) is 0 Å². The van der Waals surface area contributed by atoms with Gasteiger partial charge in [-0.3, -0.25) is 0 Å². The zero-order chi connectivity index (χ0) is 14.8. The lowest BCUT2D eigenvalue weighted by Gasteiger charge is -2.14. The predicted octanol–water partition coefficient (Wildman–Crippen LogP) is 2.11. The van der Waals surface area contributed by atoms with E-state index >= 15 is 0 Å². The van der Waals surface area contributed by atoms with E-state index < -0.39 is 0 Å². The summed E-state index contributed by atoms with van der Waals surface area (Å²) in [4.78, 5) is 10.6. The van der Waals surface area contributed by atoms with Gasteiger partial charge in [0.15, 0.2) is 0 Å². The van der Waals surface area contributed by atoms with E-state index in [0.29, 0.717) is 5.78 Å². The molecule has 3 rings (SSSR count). The Bertz CT molecular complexity index is 762. The number of aromatic nitrogens is 4. The first-order valence-corrected chi connectivity index (χ1v) is 6.81. The highest BCUT2D eigenvalue weighted by Gasteiger charge is 2.05. The van der Waals surface area contributed by atoms with Crippen molar-refractivity contribution < 1.29 is 0 Å². The van der Waals surface area contributed by atoms with E-state index in [1.165, 1.54) is 17.6 Å². The molecule has 0 aliphatic heterocycles. The molecule has 2 aromatic heterocycles. The van der Waals surface area contributed by atoms with E-state index in [4.69, 9.17) is 0 Å². The van der Waals surface area contributed by atoms with Crippen molar-refractivity contribution in [1.29, 1.82) is 0 Å². The molecule has 0 fully saturated rings. The molecule has 2 heterocycles. The van der Waals surface area contributed by atoms with Crippen LogP contribution in [0.2, 0.25) is 0 Å². The van der Waals surface area contributed by atoms with Gasteiger partial charge in [0, 0.05) is 38.1 Å².